The highest BCUT2D eigenvalue weighted by molar-refractivity contribution is 5.80. The molecule has 0 aromatic heterocycles. The number of carbonyl (C=O) groups excluding carboxylic acids is 3. The summed E-state index contributed by atoms with van der Waals surface area (Å²) in [5.41, 5.74) is 2.15. The summed E-state index contributed by atoms with van der Waals surface area (Å²) in [7, 11) is 1.46. The van der Waals surface area contributed by atoms with E-state index in [0.29, 0.717) is 22.8 Å². The van der Waals surface area contributed by atoms with Crippen LogP contribution in [0.5, 0.6) is 23.0 Å². The number of fused-ring (bicyclic) bond motifs is 1. The highest BCUT2D eigenvalue weighted by atomic mass is 16.6. The Balaban J connectivity index is 2.12. The van der Waals surface area contributed by atoms with Crippen LogP contribution in [0.3, 0.4) is 0 Å². The average Bonchev–Trinajstić information content (AvgIpc) is 2.59. The summed E-state index contributed by atoms with van der Waals surface area (Å²) >= 11 is 0. The number of esters is 3. The van der Waals surface area contributed by atoms with E-state index < -0.39 is 17.9 Å². The minimum absolute atomic E-state index is 0.0698. The lowest BCUT2D eigenvalue weighted by molar-refractivity contribution is -0.135. The molecule has 0 amide bonds. The summed E-state index contributed by atoms with van der Waals surface area (Å²) in [6.07, 6.45) is 0.0698. The molecule has 0 spiro atoms. The molecule has 3 rings (SSSR count). The quantitative estimate of drug-likeness (QED) is 0.590. The molecule has 0 bridgehead atoms. The predicted octanol–water partition coefficient (Wildman–Crippen LogP) is 3.30. The third-order valence-corrected chi connectivity index (χ3v) is 4.29. The summed E-state index contributed by atoms with van der Waals surface area (Å²) < 4.78 is 21.2. The fraction of sp³-hybridized carbons (Fsp3) is 0.286. The van der Waals surface area contributed by atoms with Crippen LogP contribution in [0.25, 0.3) is 0 Å². The molecule has 1 aliphatic rings. The highest BCUT2D eigenvalue weighted by Crippen LogP contribution is 2.46. The molecular formula is C21H20O7. The van der Waals surface area contributed by atoms with Crippen molar-refractivity contribution >= 4 is 17.9 Å². The van der Waals surface area contributed by atoms with Gasteiger partial charge in [0.1, 0.15) is 11.5 Å². The molecule has 2 aromatic carbocycles. The summed E-state index contributed by atoms with van der Waals surface area (Å²) in [5, 5.41) is 0. The number of carbonyl (C=O) groups is 3. The zero-order valence-corrected chi connectivity index (χ0v) is 16.0. The lowest BCUT2D eigenvalue weighted by atomic mass is 9.85. The van der Waals surface area contributed by atoms with E-state index >= 15 is 0 Å². The topological polar surface area (TPSA) is 88.1 Å². The van der Waals surface area contributed by atoms with Crippen LogP contribution in [0.15, 0.2) is 30.3 Å². The summed E-state index contributed by atoms with van der Waals surface area (Å²) in [5.74, 6) is -0.387. The fourth-order valence-corrected chi connectivity index (χ4v) is 3.26. The van der Waals surface area contributed by atoms with Crippen molar-refractivity contribution in [3.63, 3.8) is 0 Å². The number of hydrogen-bond donors (Lipinski definition) is 0. The van der Waals surface area contributed by atoms with Crippen LogP contribution in [0.2, 0.25) is 0 Å². The van der Waals surface area contributed by atoms with Crippen molar-refractivity contribution in [2.75, 3.05) is 7.11 Å². The first-order valence-corrected chi connectivity index (χ1v) is 8.68. The first-order chi connectivity index (χ1) is 13.3. The van der Waals surface area contributed by atoms with Crippen molar-refractivity contribution < 1.29 is 33.3 Å². The largest absolute Gasteiger partial charge is 0.493 e. The van der Waals surface area contributed by atoms with Crippen LogP contribution in [0, 0.1) is 6.92 Å². The predicted molar refractivity (Wildman–Crippen MR) is 98.9 cm³/mol. The van der Waals surface area contributed by atoms with Gasteiger partial charge in [-0.3, -0.25) is 14.4 Å². The Morgan fingerprint density at radius 1 is 1.00 bits per heavy atom. The Bertz CT molecular complexity index is 961. The molecule has 0 N–H and O–H groups in total. The molecule has 7 heteroatoms. The summed E-state index contributed by atoms with van der Waals surface area (Å²) in [4.78, 5) is 35.0. The number of methoxy groups -OCH3 is 1. The van der Waals surface area contributed by atoms with Gasteiger partial charge >= 0.3 is 17.9 Å². The minimum atomic E-state index is -0.467. The van der Waals surface area contributed by atoms with E-state index in [0.717, 1.165) is 11.1 Å². The summed E-state index contributed by atoms with van der Waals surface area (Å²) in [6.45, 7) is 4.44. The van der Waals surface area contributed by atoms with Crippen LogP contribution in [-0.4, -0.2) is 25.0 Å². The zero-order chi connectivity index (χ0) is 20.4. The second-order valence-corrected chi connectivity index (χ2v) is 6.50. The van der Waals surface area contributed by atoms with Crippen LogP contribution in [-0.2, 0) is 14.4 Å². The maximum absolute atomic E-state index is 12.2. The molecule has 2 aromatic rings. The molecule has 0 fully saturated rings. The van der Waals surface area contributed by atoms with Crippen molar-refractivity contribution in [2.24, 2.45) is 0 Å². The van der Waals surface area contributed by atoms with Crippen LogP contribution in [0.4, 0.5) is 0 Å². The number of aryl methyl sites for hydroxylation is 1. The van der Waals surface area contributed by atoms with Crippen molar-refractivity contribution in [3.05, 3.63) is 47.0 Å². The van der Waals surface area contributed by atoms with E-state index in [9.17, 15) is 14.4 Å². The van der Waals surface area contributed by atoms with E-state index in [2.05, 4.69) is 0 Å². The summed E-state index contributed by atoms with van der Waals surface area (Å²) in [6, 6.07) is 8.51. The SMILES string of the molecule is COc1cc(C2CC(=O)Oc3cc(C)cc(OC(C)=O)c32)ccc1OC(C)=O. The number of rotatable bonds is 4. The van der Waals surface area contributed by atoms with Gasteiger partial charge in [0.2, 0.25) is 0 Å². The zero-order valence-electron chi connectivity index (χ0n) is 16.0. The molecule has 1 atom stereocenters. The molecule has 0 aliphatic carbocycles. The Kier molecular flexibility index (Phi) is 5.35. The van der Waals surface area contributed by atoms with Gasteiger partial charge in [-0.05, 0) is 42.3 Å². The molecule has 1 heterocycles. The molecule has 146 valence electrons. The van der Waals surface area contributed by atoms with Gasteiger partial charge < -0.3 is 18.9 Å². The molecule has 28 heavy (non-hydrogen) atoms. The normalized spacial score (nSPS) is 15.3. The van der Waals surface area contributed by atoms with Gasteiger partial charge in [-0.25, -0.2) is 0 Å². The first-order valence-electron chi connectivity index (χ1n) is 8.68. The van der Waals surface area contributed by atoms with Crippen molar-refractivity contribution in [1.29, 1.82) is 0 Å². The van der Waals surface area contributed by atoms with Gasteiger partial charge in [0.15, 0.2) is 11.5 Å². The number of ether oxygens (including phenoxy) is 4. The van der Waals surface area contributed by atoms with Crippen LogP contribution in [0.1, 0.15) is 42.9 Å². The smallest absolute Gasteiger partial charge is 0.312 e. The number of hydrogen-bond acceptors (Lipinski definition) is 7. The Morgan fingerprint density at radius 2 is 1.68 bits per heavy atom. The second-order valence-electron chi connectivity index (χ2n) is 6.50. The second kappa shape index (κ2) is 7.72. The lowest BCUT2D eigenvalue weighted by Crippen LogP contribution is -2.22. The van der Waals surface area contributed by atoms with Gasteiger partial charge in [0.25, 0.3) is 0 Å². The van der Waals surface area contributed by atoms with Crippen LogP contribution >= 0.6 is 0 Å². The van der Waals surface area contributed by atoms with Gasteiger partial charge in [0.05, 0.1) is 13.5 Å². The first kappa shape index (κ1) is 19.4. The third-order valence-electron chi connectivity index (χ3n) is 4.29. The van der Waals surface area contributed by atoms with Crippen molar-refractivity contribution in [1.82, 2.24) is 0 Å². The van der Waals surface area contributed by atoms with Crippen molar-refractivity contribution in [3.8, 4) is 23.0 Å². The molecule has 1 unspecified atom stereocenters. The molecular weight excluding hydrogens is 364 g/mol. The molecule has 0 saturated carbocycles. The standard InChI is InChI=1S/C21H20O7/c1-11-7-18(27-13(3)23)21-15(10-20(24)28-19(21)8-11)14-5-6-16(26-12(2)22)17(9-14)25-4/h5-9,15H,10H2,1-4H3. The van der Waals surface area contributed by atoms with Gasteiger partial charge in [-0.15, -0.1) is 0 Å². The van der Waals surface area contributed by atoms with Gasteiger partial charge in [0, 0.05) is 25.3 Å². The Hall–Kier alpha value is -3.35. The van der Waals surface area contributed by atoms with Crippen molar-refractivity contribution in [2.45, 2.75) is 33.1 Å². The molecule has 1 aliphatic heterocycles. The van der Waals surface area contributed by atoms with Gasteiger partial charge in [-0.2, -0.15) is 0 Å². The maximum Gasteiger partial charge on any atom is 0.312 e. The molecule has 0 radical (unpaired) electrons. The lowest BCUT2D eigenvalue weighted by Gasteiger charge is -2.27. The third kappa shape index (κ3) is 3.98. The molecule has 7 nitrogen and oxygen atoms in total. The molecule has 0 saturated heterocycles. The van der Waals surface area contributed by atoms with E-state index in [1.54, 1.807) is 30.3 Å². The minimum Gasteiger partial charge on any atom is -0.493 e. The Morgan fingerprint density at radius 3 is 2.32 bits per heavy atom. The van der Waals surface area contributed by atoms with E-state index in [1.807, 2.05) is 6.92 Å². The monoisotopic (exact) mass is 384 g/mol. The van der Waals surface area contributed by atoms with Gasteiger partial charge in [-0.1, -0.05) is 6.07 Å². The average molecular weight is 384 g/mol. The fourth-order valence-electron chi connectivity index (χ4n) is 3.26. The maximum atomic E-state index is 12.2. The highest BCUT2D eigenvalue weighted by Gasteiger charge is 2.33. The number of benzene rings is 2. The van der Waals surface area contributed by atoms with E-state index in [1.165, 1.54) is 21.0 Å². The Labute approximate surface area is 162 Å². The van der Waals surface area contributed by atoms with E-state index in [4.69, 9.17) is 18.9 Å². The van der Waals surface area contributed by atoms with Crippen LogP contribution < -0.4 is 18.9 Å². The van der Waals surface area contributed by atoms with E-state index in [-0.39, 0.29) is 18.1 Å².